The molecule has 0 saturated carbocycles. The summed E-state index contributed by atoms with van der Waals surface area (Å²) in [5.41, 5.74) is 1.39. The number of rotatable bonds is 2. The van der Waals surface area contributed by atoms with Crippen LogP contribution >= 0.6 is 0 Å². The van der Waals surface area contributed by atoms with Crippen LogP contribution < -0.4 is 4.90 Å². The van der Waals surface area contributed by atoms with Gasteiger partial charge in [0, 0.05) is 12.1 Å². The Morgan fingerprint density at radius 2 is 1.95 bits per heavy atom. The highest BCUT2D eigenvalue weighted by Gasteiger charge is 2.43. The van der Waals surface area contributed by atoms with Crippen molar-refractivity contribution in [2.24, 2.45) is 5.92 Å². The van der Waals surface area contributed by atoms with Gasteiger partial charge in [-0.05, 0) is 18.1 Å². The van der Waals surface area contributed by atoms with E-state index in [1.54, 1.807) is 24.3 Å². The van der Waals surface area contributed by atoms with Crippen LogP contribution in [0, 0.1) is 5.92 Å². The van der Waals surface area contributed by atoms with Crippen molar-refractivity contribution >= 4 is 27.4 Å². The highest BCUT2D eigenvalue weighted by atomic mass is 32.2. The summed E-state index contributed by atoms with van der Waals surface area (Å²) in [6.45, 7) is 0. The topological polar surface area (TPSA) is 91.8 Å². The van der Waals surface area contributed by atoms with Crippen LogP contribution in [-0.4, -0.2) is 42.9 Å². The van der Waals surface area contributed by atoms with Crippen LogP contribution in [-0.2, 0) is 25.8 Å². The molecule has 21 heavy (non-hydrogen) atoms. The summed E-state index contributed by atoms with van der Waals surface area (Å²) in [6.07, 6.45) is 0.531. The maximum absolute atomic E-state index is 12.6. The van der Waals surface area contributed by atoms with Crippen LogP contribution in [0.2, 0.25) is 0 Å². The number of para-hydroxylation sites is 1. The van der Waals surface area contributed by atoms with E-state index < -0.39 is 33.7 Å². The Balaban J connectivity index is 1.95. The number of carbonyl (C=O) groups is 2. The molecule has 0 aromatic heterocycles. The first-order chi connectivity index (χ1) is 9.89. The van der Waals surface area contributed by atoms with Crippen LogP contribution in [0.15, 0.2) is 24.3 Å². The molecular weight excluding hydrogens is 294 g/mol. The number of anilines is 1. The Hall–Kier alpha value is -1.89. The predicted molar refractivity (Wildman–Crippen MR) is 75.8 cm³/mol. The van der Waals surface area contributed by atoms with Crippen molar-refractivity contribution in [2.45, 2.75) is 18.9 Å². The third-order valence-electron chi connectivity index (χ3n) is 4.08. The van der Waals surface area contributed by atoms with Gasteiger partial charge < -0.3 is 5.11 Å². The minimum atomic E-state index is -3.18. The number of hydrogen-bond acceptors (Lipinski definition) is 4. The molecule has 2 unspecified atom stereocenters. The number of nitrogens with zero attached hydrogens (tertiary/aromatic N) is 1. The summed E-state index contributed by atoms with van der Waals surface area (Å²) in [7, 11) is -3.18. The predicted octanol–water partition coefficient (Wildman–Crippen LogP) is 0.464. The van der Waals surface area contributed by atoms with Gasteiger partial charge in [0.1, 0.15) is 6.04 Å². The molecule has 3 rings (SSSR count). The van der Waals surface area contributed by atoms with E-state index in [1.807, 2.05) is 0 Å². The molecule has 112 valence electrons. The summed E-state index contributed by atoms with van der Waals surface area (Å²) in [5.74, 6) is -2.29. The summed E-state index contributed by atoms with van der Waals surface area (Å²) in [4.78, 5) is 25.3. The first-order valence-electron chi connectivity index (χ1n) is 6.73. The number of fused-ring (bicyclic) bond motifs is 1. The van der Waals surface area contributed by atoms with Gasteiger partial charge in [-0.25, -0.2) is 13.2 Å². The molecular formula is C14H15NO5S. The summed E-state index contributed by atoms with van der Waals surface area (Å²) < 4.78 is 23.1. The Labute approximate surface area is 122 Å². The standard InChI is InChI=1S/C14H15NO5S/c16-13(10-5-6-21(19,20)8-10)15-11-4-2-1-3-9(11)7-12(15)14(17)18/h1-4,10,12H,5-8H2,(H,17,18). The van der Waals surface area contributed by atoms with Crippen molar-refractivity contribution in [3.63, 3.8) is 0 Å². The SMILES string of the molecule is O=C(O)C1Cc2ccccc2N1C(=O)C1CCS(=O)(=O)C1. The zero-order valence-corrected chi connectivity index (χ0v) is 12.0. The lowest BCUT2D eigenvalue weighted by Gasteiger charge is -2.25. The van der Waals surface area contributed by atoms with E-state index in [0.717, 1.165) is 5.56 Å². The van der Waals surface area contributed by atoms with Crippen molar-refractivity contribution in [1.29, 1.82) is 0 Å². The van der Waals surface area contributed by atoms with Crippen LogP contribution in [0.1, 0.15) is 12.0 Å². The van der Waals surface area contributed by atoms with Crippen molar-refractivity contribution in [2.75, 3.05) is 16.4 Å². The molecule has 1 saturated heterocycles. The van der Waals surface area contributed by atoms with Gasteiger partial charge in [-0.2, -0.15) is 0 Å². The van der Waals surface area contributed by atoms with Crippen molar-refractivity contribution in [3.05, 3.63) is 29.8 Å². The lowest BCUT2D eigenvalue weighted by Crippen LogP contribution is -2.46. The molecule has 6 nitrogen and oxygen atoms in total. The smallest absolute Gasteiger partial charge is 0.327 e. The molecule has 0 radical (unpaired) electrons. The van der Waals surface area contributed by atoms with Gasteiger partial charge in [0.05, 0.1) is 17.4 Å². The lowest BCUT2D eigenvalue weighted by molar-refractivity contribution is -0.140. The van der Waals surface area contributed by atoms with E-state index in [1.165, 1.54) is 4.90 Å². The zero-order chi connectivity index (χ0) is 15.2. The monoisotopic (exact) mass is 309 g/mol. The maximum atomic E-state index is 12.6. The van der Waals surface area contributed by atoms with E-state index in [-0.39, 0.29) is 24.3 Å². The number of carbonyl (C=O) groups excluding carboxylic acids is 1. The second kappa shape index (κ2) is 4.84. The van der Waals surface area contributed by atoms with Gasteiger partial charge in [-0.15, -0.1) is 0 Å². The molecule has 2 aliphatic rings. The number of carboxylic acids is 1. The minimum Gasteiger partial charge on any atom is -0.480 e. The van der Waals surface area contributed by atoms with E-state index >= 15 is 0 Å². The van der Waals surface area contributed by atoms with E-state index in [9.17, 15) is 23.1 Å². The molecule has 2 aliphatic heterocycles. The van der Waals surface area contributed by atoms with Gasteiger partial charge in [-0.3, -0.25) is 9.69 Å². The average Bonchev–Trinajstić information content (AvgIpc) is 2.98. The molecule has 2 atom stereocenters. The normalized spacial score (nSPS) is 26.6. The Morgan fingerprint density at radius 1 is 1.24 bits per heavy atom. The summed E-state index contributed by atoms with van der Waals surface area (Å²) >= 11 is 0. The first-order valence-corrected chi connectivity index (χ1v) is 8.55. The van der Waals surface area contributed by atoms with Gasteiger partial charge in [0.2, 0.25) is 5.91 Å². The Morgan fingerprint density at radius 3 is 2.57 bits per heavy atom. The number of amides is 1. The van der Waals surface area contributed by atoms with E-state index in [0.29, 0.717) is 5.69 Å². The largest absolute Gasteiger partial charge is 0.480 e. The Bertz CT molecular complexity index is 712. The van der Waals surface area contributed by atoms with E-state index in [2.05, 4.69) is 0 Å². The third kappa shape index (κ3) is 2.42. The quantitative estimate of drug-likeness (QED) is 0.857. The van der Waals surface area contributed by atoms with Gasteiger partial charge in [0.25, 0.3) is 0 Å². The molecule has 1 amide bonds. The van der Waals surface area contributed by atoms with Gasteiger partial charge in [-0.1, -0.05) is 18.2 Å². The molecule has 0 aliphatic carbocycles. The number of carboxylic acid groups (broad SMARTS) is 1. The molecule has 1 N–H and O–H groups in total. The van der Waals surface area contributed by atoms with Crippen molar-refractivity contribution < 1.29 is 23.1 Å². The summed E-state index contributed by atoms with van der Waals surface area (Å²) in [5, 5.41) is 9.34. The van der Waals surface area contributed by atoms with Gasteiger partial charge >= 0.3 is 5.97 Å². The van der Waals surface area contributed by atoms with Crippen molar-refractivity contribution in [3.8, 4) is 0 Å². The highest BCUT2D eigenvalue weighted by molar-refractivity contribution is 7.91. The zero-order valence-electron chi connectivity index (χ0n) is 11.2. The average molecular weight is 309 g/mol. The molecule has 0 spiro atoms. The third-order valence-corrected chi connectivity index (χ3v) is 5.85. The van der Waals surface area contributed by atoms with Crippen LogP contribution in [0.4, 0.5) is 5.69 Å². The minimum absolute atomic E-state index is 0.00334. The van der Waals surface area contributed by atoms with Gasteiger partial charge in [0.15, 0.2) is 9.84 Å². The number of benzene rings is 1. The second-order valence-electron chi connectivity index (χ2n) is 5.50. The lowest BCUT2D eigenvalue weighted by atomic mass is 10.1. The number of hydrogen-bond donors (Lipinski definition) is 1. The molecule has 2 heterocycles. The Kier molecular flexibility index (Phi) is 3.24. The fourth-order valence-electron chi connectivity index (χ4n) is 3.04. The van der Waals surface area contributed by atoms with Crippen LogP contribution in [0.25, 0.3) is 0 Å². The first kappa shape index (κ1) is 14.1. The second-order valence-corrected chi connectivity index (χ2v) is 7.72. The molecule has 0 bridgehead atoms. The molecule has 1 aromatic carbocycles. The maximum Gasteiger partial charge on any atom is 0.327 e. The number of sulfone groups is 1. The van der Waals surface area contributed by atoms with E-state index in [4.69, 9.17) is 0 Å². The number of aliphatic carboxylic acids is 1. The molecule has 7 heteroatoms. The fraction of sp³-hybridized carbons (Fsp3) is 0.429. The molecule has 1 fully saturated rings. The van der Waals surface area contributed by atoms with Crippen LogP contribution in [0.3, 0.4) is 0 Å². The van der Waals surface area contributed by atoms with Crippen LogP contribution in [0.5, 0.6) is 0 Å². The fourth-order valence-corrected chi connectivity index (χ4v) is 4.78. The van der Waals surface area contributed by atoms with Crippen molar-refractivity contribution in [1.82, 2.24) is 0 Å². The highest BCUT2D eigenvalue weighted by Crippen LogP contribution is 2.35. The summed E-state index contributed by atoms with van der Waals surface area (Å²) in [6, 6.07) is 6.10. The molecule has 1 aromatic rings.